The maximum atomic E-state index is 12.1. The van der Waals surface area contributed by atoms with Crippen molar-refractivity contribution in [3.8, 4) is 5.69 Å². The molecule has 8 heteroatoms. The average molecular weight is 430 g/mol. The van der Waals surface area contributed by atoms with Crippen LogP contribution in [0.25, 0.3) is 16.6 Å². The zero-order valence-electron chi connectivity index (χ0n) is 17.9. The Bertz CT molecular complexity index is 1260. The van der Waals surface area contributed by atoms with Crippen LogP contribution >= 0.6 is 0 Å². The summed E-state index contributed by atoms with van der Waals surface area (Å²) in [6.07, 6.45) is 7.09. The zero-order chi connectivity index (χ0) is 21.9. The van der Waals surface area contributed by atoms with Crippen molar-refractivity contribution in [2.45, 2.75) is 31.8 Å². The standard InChI is InChI=1S/C24H27N7O/c25-23-10-12-31(24(32)28-23)21-7-4-17(5-8-21)15-30-11-2-1-3-20(16-30)27-19-6-9-22-18(13-19)14-26-29-22/h4-10,12-14,20,27H,1-3,11,15-16H2,(H,26,29)(H2,25,28,32). The fourth-order valence-electron chi connectivity index (χ4n) is 4.38. The van der Waals surface area contributed by atoms with Crippen molar-refractivity contribution >= 4 is 22.4 Å². The molecule has 0 bridgehead atoms. The lowest BCUT2D eigenvalue weighted by Crippen LogP contribution is -2.34. The molecule has 1 aliphatic heterocycles. The van der Waals surface area contributed by atoms with Crippen LogP contribution in [0.1, 0.15) is 24.8 Å². The highest BCUT2D eigenvalue weighted by Crippen LogP contribution is 2.21. The monoisotopic (exact) mass is 429 g/mol. The highest BCUT2D eigenvalue weighted by Gasteiger charge is 2.18. The van der Waals surface area contributed by atoms with Gasteiger partial charge in [-0.3, -0.25) is 14.6 Å². The predicted molar refractivity (Wildman–Crippen MR) is 127 cm³/mol. The Morgan fingerprint density at radius 3 is 2.84 bits per heavy atom. The molecular weight excluding hydrogens is 402 g/mol. The van der Waals surface area contributed by atoms with Gasteiger partial charge in [0.1, 0.15) is 5.82 Å². The average Bonchev–Trinajstić information content (AvgIpc) is 3.14. The van der Waals surface area contributed by atoms with Gasteiger partial charge in [-0.25, -0.2) is 4.79 Å². The Labute approximate surface area is 186 Å². The Morgan fingerprint density at radius 1 is 1.12 bits per heavy atom. The SMILES string of the molecule is Nc1ccn(-c2ccc(CN3CCCCC(Nc4ccc5[nH]ncc5c4)C3)cc2)c(=O)n1. The second-order valence-corrected chi connectivity index (χ2v) is 8.42. The molecule has 2 aromatic carbocycles. The van der Waals surface area contributed by atoms with Crippen LogP contribution in [0.15, 0.2) is 65.7 Å². The summed E-state index contributed by atoms with van der Waals surface area (Å²) in [4.78, 5) is 18.4. The van der Waals surface area contributed by atoms with E-state index < -0.39 is 0 Å². The number of aromatic nitrogens is 4. The van der Waals surface area contributed by atoms with Gasteiger partial charge in [0.25, 0.3) is 0 Å². The number of rotatable bonds is 5. The fourth-order valence-corrected chi connectivity index (χ4v) is 4.38. The maximum Gasteiger partial charge on any atom is 0.354 e. The number of nitrogen functional groups attached to an aromatic ring is 1. The molecule has 0 spiro atoms. The molecule has 0 radical (unpaired) electrons. The van der Waals surface area contributed by atoms with Crippen LogP contribution in [0.2, 0.25) is 0 Å². The lowest BCUT2D eigenvalue weighted by atomic mass is 10.1. The van der Waals surface area contributed by atoms with Crippen molar-refractivity contribution in [3.05, 3.63) is 77.0 Å². The van der Waals surface area contributed by atoms with Gasteiger partial charge in [-0.05, 0) is 61.3 Å². The molecule has 4 aromatic rings. The molecule has 3 heterocycles. The van der Waals surface area contributed by atoms with Crippen LogP contribution in [-0.4, -0.2) is 43.8 Å². The van der Waals surface area contributed by atoms with Crippen LogP contribution in [0.5, 0.6) is 0 Å². The normalized spacial score (nSPS) is 17.3. The molecule has 0 amide bonds. The molecule has 0 saturated carbocycles. The predicted octanol–water partition coefficient (Wildman–Crippen LogP) is 3.16. The quantitative estimate of drug-likeness (QED) is 0.450. The van der Waals surface area contributed by atoms with E-state index >= 15 is 0 Å². The largest absolute Gasteiger partial charge is 0.383 e. The summed E-state index contributed by atoms with van der Waals surface area (Å²) in [5.41, 5.74) is 9.43. The summed E-state index contributed by atoms with van der Waals surface area (Å²) >= 11 is 0. The van der Waals surface area contributed by atoms with Gasteiger partial charge in [-0.15, -0.1) is 0 Å². The molecule has 1 saturated heterocycles. The lowest BCUT2D eigenvalue weighted by Gasteiger charge is -2.26. The summed E-state index contributed by atoms with van der Waals surface area (Å²) in [5, 5.41) is 12.0. The van der Waals surface area contributed by atoms with E-state index in [-0.39, 0.29) is 11.5 Å². The summed E-state index contributed by atoms with van der Waals surface area (Å²) in [5.74, 6) is 0.233. The first-order valence-corrected chi connectivity index (χ1v) is 11.0. The summed E-state index contributed by atoms with van der Waals surface area (Å²) in [6, 6.07) is 16.5. The topological polar surface area (TPSA) is 105 Å². The molecular formula is C24H27N7O. The molecule has 4 N–H and O–H groups in total. The molecule has 164 valence electrons. The molecule has 1 atom stereocenters. The minimum Gasteiger partial charge on any atom is -0.383 e. The van der Waals surface area contributed by atoms with Gasteiger partial charge < -0.3 is 11.1 Å². The van der Waals surface area contributed by atoms with Crippen LogP contribution in [0.3, 0.4) is 0 Å². The van der Waals surface area contributed by atoms with E-state index in [9.17, 15) is 4.79 Å². The second-order valence-electron chi connectivity index (χ2n) is 8.42. The molecule has 1 fully saturated rings. The Balaban J connectivity index is 1.25. The van der Waals surface area contributed by atoms with Gasteiger partial charge in [0.2, 0.25) is 0 Å². The van der Waals surface area contributed by atoms with E-state index in [1.807, 2.05) is 18.3 Å². The summed E-state index contributed by atoms with van der Waals surface area (Å²) < 4.78 is 1.50. The van der Waals surface area contributed by atoms with Crippen molar-refractivity contribution in [2.75, 3.05) is 24.1 Å². The van der Waals surface area contributed by atoms with Gasteiger partial charge in [-0.2, -0.15) is 10.1 Å². The van der Waals surface area contributed by atoms with Crippen molar-refractivity contribution in [2.24, 2.45) is 0 Å². The minimum absolute atomic E-state index is 0.233. The molecule has 8 nitrogen and oxygen atoms in total. The van der Waals surface area contributed by atoms with Crippen LogP contribution in [-0.2, 0) is 6.54 Å². The van der Waals surface area contributed by atoms with Gasteiger partial charge in [0, 0.05) is 36.4 Å². The number of nitrogens with zero attached hydrogens (tertiary/aromatic N) is 4. The molecule has 5 rings (SSSR count). The Hall–Kier alpha value is -3.65. The van der Waals surface area contributed by atoms with E-state index in [1.165, 1.54) is 23.0 Å². The van der Waals surface area contributed by atoms with Crippen molar-refractivity contribution in [1.29, 1.82) is 0 Å². The van der Waals surface area contributed by atoms with Gasteiger partial charge >= 0.3 is 5.69 Å². The molecule has 1 unspecified atom stereocenters. The maximum absolute atomic E-state index is 12.1. The number of aromatic amines is 1. The lowest BCUT2D eigenvalue weighted by molar-refractivity contribution is 0.269. The number of anilines is 2. The first-order valence-electron chi connectivity index (χ1n) is 11.0. The van der Waals surface area contributed by atoms with E-state index in [2.05, 4.69) is 55.7 Å². The van der Waals surface area contributed by atoms with Crippen molar-refractivity contribution < 1.29 is 0 Å². The molecule has 1 aliphatic rings. The smallest absolute Gasteiger partial charge is 0.354 e. The third kappa shape index (κ3) is 4.50. The number of benzene rings is 2. The van der Waals surface area contributed by atoms with E-state index in [1.54, 1.807) is 12.3 Å². The number of hydrogen-bond acceptors (Lipinski definition) is 6. The first kappa shape index (κ1) is 20.3. The van der Waals surface area contributed by atoms with Crippen molar-refractivity contribution in [1.82, 2.24) is 24.6 Å². The number of likely N-dealkylation sites (tertiary alicyclic amines) is 1. The highest BCUT2D eigenvalue weighted by molar-refractivity contribution is 5.81. The van der Waals surface area contributed by atoms with Crippen LogP contribution in [0, 0.1) is 0 Å². The second kappa shape index (κ2) is 8.84. The Morgan fingerprint density at radius 2 is 2.00 bits per heavy atom. The van der Waals surface area contributed by atoms with Crippen LogP contribution < -0.4 is 16.7 Å². The highest BCUT2D eigenvalue weighted by atomic mass is 16.1. The number of H-pyrrole nitrogens is 1. The molecule has 2 aromatic heterocycles. The van der Waals surface area contributed by atoms with Crippen molar-refractivity contribution in [3.63, 3.8) is 0 Å². The van der Waals surface area contributed by atoms with E-state index in [4.69, 9.17) is 5.73 Å². The van der Waals surface area contributed by atoms with Crippen LogP contribution in [0.4, 0.5) is 11.5 Å². The first-order chi connectivity index (χ1) is 15.6. The number of nitrogens with one attached hydrogen (secondary N) is 2. The minimum atomic E-state index is -0.368. The molecule has 0 aliphatic carbocycles. The van der Waals surface area contributed by atoms with E-state index in [0.29, 0.717) is 6.04 Å². The fraction of sp³-hybridized carbons (Fsp3) is 0.292. The third-order valence-corrected chi connectivity index (χ3v) is 6.01. The third-order valence-electron chi connectivity index (χ3n) is 6.01. The van der Waals surface area contributed by atoms with Gasteiger partial charge in [0.05, 0.1) is 17.4 Å². The zero-order valence-corrected chi connectivity index (χ0v) is 17.9. The number of nitrogens with two attached hydrogens (primary N) is 1. The Kier molecular flexibility index (Phi) is 5.60. The molecule has 32 heavy (non-hydrogen) atoms. The number of fused-ring (bicyclic) bond motifs is 1. The van der Waals surface area contributed by atoms with Gasteiger partial charge in [-0.1, -0.05) is 18.6 Å². The number of hydrogen-bond donors (Lipinski definition) is 3. The summed E-state index contributed by atoms with van der Waals surface area (Å²) in [6.45, 7) is 2.96. The van der Waals surface area contributed by atoms with Gasteiger partial charge in [0.15, 0.2) is 0 Å². The summed E-state index contributed by atoms with van der Waals surface area (Å²) in [7, 11) is 0. The van der Waals surface area contributed by atoms with E-state index in [0.717, 1.165) is 48.3 Å².